The predicted molar refractivity (Wildman–Crippen MR) is 136 cm³/mol. The number of amides is 1. The number of carbonyl (C=O) groups is 1. The number of sulfonamides is 1. The summed E-state index contributed by atoms with van der Waals surface area (Å²) in [7, 11) is -7.06. The number of hydrogen-bond acceptors (Lipinski definition) is 6. The molecule has 8 nitrogen and oxygen atoms in total. The van der Waals surface area contributed by atoms with Crippen LogP contribution in [0.3, 0.4) is 0 Å². The molecule has 0 radical (unpaired) electrons. The fraction of sp³-hybridized carbons (Fsp3) is 0.240. The van der Waals surface area contributed by atoms with E-state index >= 15 is 0 Å². The quantitative estimate of drug-likeness (QED) is 0.443. The molecule has 3 aromatic rings. The van der Waals surface area contributed by atoms with E-state index in [0.717, 1.165) is 22.4 Å². The summed E-state index contributed by atoms with van der Waals surface area (Å²) in [6.07, 6.45) is 2.16. The zero-order valence-electron chi connectivity index (χ0n) is 19.7. The highest BCUT2D eigenvalue weighted by Crippen LogP contribution is 2.23. The normalized spacial score (nSPS) is 12.5. The highest BCUT2D eigenvalue weighted by Gasteiger charge is 2.22. The average Bonchev–Trinajstić information content (AvgIpc) is 2.81. The predicted octanol–water partition coefficient (Wildman–Crippen LogP) is 3.31. The molecule has 0 aromatic heterocycles. The maximum Gasteiger partial charge on any atom is 0.241 e. The molecule has 3 rings (SSSR count). The van der Waals surface area contributed by atoms with Gasteiger partial charge >= 0.3 is 0 Å². The van der Waals surface area contributed by atoms with Gasteiger partial charge in [-0.2, -0.15) is 0 Å². The van der Waals surface area contributed by atoms with E-state index in [9.17, 15) is 21.6 Å². The average molecular weight is 517 g/mol. The lowest BCUT2D eigenvalue weighted by atomic mass is 10.1. The fourth-order valence-corrected chi connectivity index (χ4v) is 4.84. The molecule has 0 fully saturated rings. The summed E-state index contributed by atoms with van der Waals surface area (Å²) in [6, 6.07) is 21.8. The molecule has 10 heteroatoms. The number of anilines is 1. The maximum atomic E-state index is 12.7. The topological polar surface area (TPSA) is 110 Å². The van der Waals surface area contributed by atoms with Gasteiger partial charge in [-0.3, -0.25) is 9.10 Å². The molecule has 0 aliphatic carbocycles. The first-order valence-electron chi connectivity index (χ1n) is 10.8. The van der Waals surface area contributed by atoms with E-state index in [1.165, 1.54) is 12.1 Å². The second-order valence-electron chi connectivity index (χ2n) is 8.17. The molecule has 0 heterocycles. The van der Waals surface area contributed by atoms with Crippen LogP contribution in [0.5, 0.6) is 5.75 Å². The van der Waals surface area contributed by atoms with Gasteiger partial charge in [0.2, 0.25) is 15.9 Å². The standard InChI is InChI=1S/C25H28N2O6S2/c1-19(21-9-15-24(16-10-21)34(2,29)30)26-25(28)17-27(35(3,31)32)22-11-13-23(14-12-22)33-18-20-7-5-4-6-8-20/h4-16,19H,17-18H2,1-3H3,(H,26,28)/t19-/m0/s1. The fourth-order valence-electron chi connectivity index (χ4n) is 3.35. The van der Waals surface area contributed by atoms with E-state index in [-0.39, 0.29) is 4.90 Å². The van der Waals surface area contributed by atoms with Crippen LogP contribution in [0.4, 0.5) is 5.69 Å². The van der Waals surface area contributed by atoms with Crippen LogP contribution in [-0.4, -0.2) is 41.8 Å². The Kier molecular flexibility index (Phi) is 8.18. The van der Waals surface area contributed by atoms with Crippen LogP contribution in [-0.2, 0) is 31.3 Å². The molecule has 0 aliphatic heterocycles. The van der Waals surface area contributed by atoms with Gasteiger partial charge in [-0.1, -0.05) is 42.5 Å². The largest absolute Gasteiger partial charge is 0.489 e. The Bertz CT molecular complexity index is 1360. The van der Waals surface area contributed by atoms with Gasteiger partial charge in [-0.25, -0.2) is 16.8 Å². The Morgan fingerprint density at radius 3 is 2.03 bits per heavy atom. The summed E-state index contributed by atoms with van der Waals surface area (Å²) in [6.45, 7) is 1.70. The molecular weight excluding hydrogens is 488 g/mol. The van der Waals surface area contributed by atoms with Crippen molar-refractivity contribution in [2.24, 2.45) is 0 Å². The van der Waals surface area contributed by atoms with Crippen molar-refractivity contribution in [1.82, 2.24) is 5.32 Å². The highest BCUT2D eigenvalue weighted by molar-refractivity contribution is 7.92. The summed E-state index contributed by atoms with van der Waals surface area (Å²) in [5, 5.41) is 2.76. The van der Waals surface area contributed by atoms with Gasteiger partial charge in [-0.15, -0.1) is 0 Å². The molecule has 186 valence electrons. The molecule has 1 N–H and O–H groups in total. The van der Waals surface area contributed by atoms with E-state index in [0.29, 0.717) is 23.6 Å². The van der Waals surface area contributed by atoms with Crippen LogP contribution < -0.4 is 14.4 Å². The van der Waals surface area contributed by atoms with E-state index in [1.807, 2.05) is 30.3 Å². The molecule has 0 aliphatic rings. The third-order valence-electron chi connectivity index (χ3n) is 5.25. The van der Waals surface area contributed by atoms with Gasteiger partial charge in [0.1, 0.15) is 18.9 Å². The van der Waals surface area contributed by atoms with Crippen molar-refractivity contribution >= 4 is 31.5 Å². The molecule has 0 spiro atoms. The number of rotatable bonds is 10. The SMILES string of the molecule is C[C@H](NC(=O)CN(c1ccc(OCc2ccccc2)cc1)S(C)(=O)=O)c1ccc(S(C)(=O)=O)cc1. The Balaban J connectivity index is 1.65. The van der Waals surface area contributed by atoms with Crippen LogP contribution in [0.15, 0.2) is 83.8 Å². The Morgan fingerprint density at radius 2 is 1.49 bits per heavy atom. The second-order valence-corrected chi connectivity index (χ2v) is 12.1. The zero-order valence-corrected chi connectivity index (χ0v) is 21.3. The van der Waals surface area contributed by atoms with Crippen molar-refractivity contribution < 1.29 is 26.4 Å². The first-order valence-corrected chi connectivity index (χ1v) is 14.5. The highest BCUT2D eigenvalue weighted by atomic mass is 32.2. The van der Waals surface area contributed by atoms with Crippen LogP contribution in [0.1, 0.15) is 24.1 Å². The number of hydrogen-bond donors (Lipinski definition) is 1. The minimum Gasteiger partial charge on any atom is -0.489 e. The van der Waals surface area contributed by atoms with Crippen molar-refractivity contribution in [2.75, 3.05) is 23.4 Å². The number of carbonyl (C=O) groups excluding carboxylic acids is 1. The van der Waals surface area contributed by atoms with E-state index in [1.54, 1.807) is 43.3 Å². The summed E-state index contributed by atoms with van der Waals surface area (Å²) >= 11 is 0. The molecule has 0 bridgehead atoms. The molecular formula is C25H28N2O6S2. The smallest absolute Gasteiger partial charge is 0.241 e. The summed E-state index contributed by atoms with van der Waals surface area (Å²) in [4.78, 5) is 12.9. The number of nitrogens with zero attached hydrogens (tertiary/aromatic N) is 1. The lowest BCUT2D eigenvalue weighted by Crippen LogP contribution is -2.41. The molecule has 1 amide bonds. The molecule has 35 heavy (non-hydrogen) atoms. The van der Waals surface area contributed by atoms with Crippen LogP contribution >= 0.6 is 0 Å². The number of ether oxygens (including phenoxy) is 1. The third kappa shape index (κ3) is 7.56. The Morgan fingerprint density at radius 1 is 0.886 bits per heavy atom. The van der Waals surface area contributed by atoms with Gasteiger partial charge < -0.3 is 10.1 Å². The maximum absolute atomic E-state index is 12.7. The van der Waals surface area contributed by atoms with Crippen LogP contribution in [0, 0.1) is 0 Å². The first kappa shape index (κ1) is 26.2. The molecule has 0 unspecified atom stereocenters. The minimum absolute atomic E-state index is 0.180. The van der Waals surface area contributed by atoms with Crippen molar-refractivity contribution in [3.8, 4) is 5.75 Å². The van der Waals surface area contributed by atoms with Crippen molar-refractivity contribution in [3.05, 3.63) is 90.0 Å². The zero-order chi connectivity index (χ0) is 25.6. The van der Waals surface area contributed by atoms with Gasteiger partial charge in [0.15, 0.2) is 9.84 Å². The van der Waals surface area contributed by atoms with Crippen molar-refractivity contribution in [1.29, 1.82) is 0 Å². The summed E-state index contributed by atoms with van der Waals surface area (Å²) in [5.41, 5.74) is 2.03. The van der Waals surface area contributed by atoms with Crippen LogP contribution in [0.25, 0.3) is 0 Å². The molecule has 0 saturated carbocycles. The Labute approximate surface area is 206 Å². The van der Waals surface area contributed by atoms with E-state index < -0.39 is 38.4 Å². The number of sulfone groups is 1. The van der Waals surface area contributed by atoms with Gasteiger partial charge in [0.05, 0.1) is 22.9 Å². The number of nitrogens with one attached hydrogen (secondary N) is 1. The summed E-state index contributed by atoms with van der Waals surface area (Å²) in [5.74, 6) is 0.0705. The minimum atomic E-state index is -3.74. The van der Waals surface area contributed by atoms with Crippen molar-refractivity contribution in [2.45, 2.75) is 24.5 Å². The number of benzene rings is 3. The van der Waals surface area contributed by atoms with Gasteiger partial charge in [0, 0.05) is 6.26 Å². The van der Waals surface area contributed by atoms with Gasteiger partial charge in [0.25, 0.3) is 0 Å². The van der Waals surface area contributed by atoms with E-state index in [4.69, 9.17) is 4.74 Å². The van der Waals surface area contributed by atoms with Gasteiger partial charge in [-0.05, 0) is 54.4 Å². The lowest BCUT2D eigenvalue weighted by Gasteiger charge is -2.23. The van der Waals surface area contributed by atoms with Crippen molar-refractivity contribution in [3.63, 3.8) is 0 Å². The second kappa shape index (κ2) is 10.9. The molecule has 1 atom stereocenters. The van der Waals surface area contributed by atoms with Crippen LogP contribution in [0.2, 0.25) is 0 Å². The summed E-state index contributed by atoms with van der Waals surface area (Å²) < 4.78 is 54.8. The first-order chi connectivity index (χ1) is 16.4. The monoisotopic (exact) mass is 516 g/mol. The van der Waals surface area contributed by atoms with E-state index in [2.05, 4.69) is 5.32 Å². The lowest BCUT2D eigenvalue weighted by molar-refractivity contribution is -0.120. The molecule has 3 aromatic carbocycles. The Hall–Kier alpha value is -3.37. The third-order valence-corrected chi connectivity index (χ3v) is 7.52. The molecule has 0 saturated heterocycles.